The van der Waals surface area contributed by atoms with Gasteiger partial charge in [-0.25, -0.2) is 0 Å². The maximum atomic E-state index is 13.9. The molecule has 0 saturated heterocycles. The zero-order valence-electron chi connectivity index (χ0n) is 29.2. The molecule has 0 spiro atoms. The quantitative estimate of drug-likeness (QED) is 0.140. The van der Waals surface area contributed by atoms with E-state index in [0.717, 1.165) is 0 Å². The Balaban J connectivity index is 6.31. The fourth-order valence-corrected chi connectivity index (χ4v) is 5.68. The number of thioether (sulfide) groups is 1. The molecule has 0 aliphatic carbocycles. The molecular formula is C31H59N7O6S. The predicted octanol–water partition coefficient (Wildman–Crippen LogP) is 1.14. The molecule has 0 radical (unpaired) electrons. The van der Waals surface area contributed by atoms with Crippen LogP contribution in [0, 0.1) is 17.8 Å². The second-order valence-electron chi connectivity index (χ2n) is 12.8. The molecule has 5 atom stereocenters. The van der Waals surface area contributed by atoms with Crippen molar-refractivity contribution in [3.05, 3.63) is 0 Å². The largest absolute Gasteiger partial charge is 0.368 e. The number of carbonyl (C=O) groups excluding carboxylic acids is 6. The lowest BCUT2D eigenvalue weighted by Gasteiger charge is -2.37. The number of hydrogen-bond donors (Lipinski definition) is 4. The fraction of sp³-hybridized carbons (Fsp3) is 0.806. The van der Waals surface area contributed by atoms with Gasteiger partial charge in [0.1, 0.15) is 24.2 Å². The van der Waals surface area contributed by atoms with Crippen LogP contribution in [-0.4, -0.2) is 113 Å². The van der Waals surface area contributed by atoms with Crippen LogP contribution in [0.3, 0.4) is 0 Å². The molecule has 0 aromatic carbocycles. The van der Waals surface area contributed by atoms with Crippen LogP contribution >= 0.6 is 11.8 Å². The molecular weight excluding hydrogens is 598 g/mol. The van der Waals surface area contributed by atoms with E-state index in [1.165, 1.54) is 47.5 Å². The van der Waals surface area contributed by atoms with Crippen LogP contribution in [0.1, 0.15) is 81.1 Å². The predicted molar refractivity (Wildman–Crippen MR) is 179 cm³/mol. The van der Waals surface area contributed by atoms with Gasteiger partial charge in [-0.3, -0.25) is 28.8 Å². The zero-order chi connectivity index (χ0) is 35.2. The van der Waals surface area contributed by atoms with Crippen molar-refractivity contribution in [3.63, 3.8) is 0 Å². The highest BCUT2D eigenvalue weighted by molar-refractivity contribution is 8.00. The minimum absolute atomic E-state index is 0.0211. The van der Waals surface area contributed by atoms with E-state index >= 15 is 0 Å². The van der Waals surface area contributed by atoms with E-state index in [0.29, 0.717) is 31.6 Å². The highest BCUT2D eigenvalue weighted by atomic mass is 32.2. The molecule has 0 bridgehead atoms. The van der Waals surface area contributed by atoms with Crippen molar-refractivity contribution in [2.45, 2.75) is 111 Å². The maximum Gasteiger partial charge on any atom is 0.256 e. The Kier molecular flexibility index (Phi) is 19.0. The minimum Gasteiger partial charge on any atom is -0.368 e. The number of likely N-dealkylation sites (N-methyl/N-ethyl adjacent to an activating group) is 3. The highest BCUT2D eigenvalue weighted by Crippen LogP contribution is 2.22. The number of carbonyl (C=O) groups is 6. The van der Waals surface area contributed by atoms with Crippen LogP contribution in [0.4, 0.5) is 0 Å². The molecule has 0 aromatic rings. The molecule has 13 nitrogen and oxygen atoms in total. The third-order valence-corrected chi connectivity index (χ3v) is 8.76. The second-order valence-corrected chi connectivity index (χ2v) is 14.0. The Morgan fingerprint density at radius 2 is 1.20 bits per heavy atom. The van der Waals surface area contributed by atoms with Crippen molar-refractivity contribution in [2.24, 2.45) is 29.2 Å². The van der Waals surface area contributed by atoms with Crippen LogP contribution in [0.2, 0.25) is 0 Å². The van der Waals surface area contributed by atoms with Crippen LogP contribution in [0.5, 0.6) is 0 Å². The summed E-state index contributed by atoms with van der Waals surface area (Å²) in [5.74, 6) is -2.68. The number of nitrogens with two attached hydrogens (primary N) is 2. The van der Waals surface area contributed by atoms with Gasteiger partial charge in [0.25, 0.3) is 5.91 Å². The van der Waals surface area contributed by atoms with Gasteiger partial charge >= 0.3 is 0 Å². The van der Waals surface area contributed by atoms with Gasteiger partial charge in [-0.05, 0) is 43.9 Å². The van der Waals surface area contributed by atoms with Gasteiger partial charge in [0.2, 0.25) is 29.5 Å². The van der Waals surface area contributed by atoms with Crippen LogP contribution in [-0.2, 0) is 28.8 Å². The van der Waals surface area contributed by atoms with E-state index in [9.17, 15) is 28.8 Å². The van der Waals surface area contributed by atoms with Gasteiger partial charge in [-0.2, -0.15) is 0 Å². The molecule has 0 fully saturated rings. The first-order valence-corrected chi connectivity index (χ1v) is 16.9. The molecule has 6 amide bonds. The first kappa shape index (κ1) is 42.1. The van der Waals surface area contributed by atoms with E-state index in [1.807, 2.05) is 34.6 Å². The summed E-state index contributed by atoms with van der Waals surface area (Å²) >= 11 is 1.24. The van der Waals surface area contributed by atoms with Crippen molar-refractivity contribution in [1.29, 1.82) is 0 Å². The summed E-state index contributed by atoms with van der Waals surface area (Å²) in [6, 6.07) is -3.78. The summed E-state index contributed by atoms with van der Waals surface area (Å²) in [6.45, 7) is 14.9. The Morgan fingerprint density at radius 3 is 1.60 bits per heavy atom. The molecule has 6 N–H and O–H groups in total. The van der Waals surface area contributed by atoms with Gasteiger partial charge in [-0.1, -0.05) is 48.5 Å². The topological polar surface area (TPSA) is 188 Å². The minimum atomic E-state index is -1.01. The number of hydrogen-bond acceptors (Lipinski definition) is 8. The first-order valence-electron chi connectivity index (χ1n) is 15.8. The van der Waals surface area contributed by atoms with Gasteiger partial charge in [-0.15, -0.1) is 11.8 Å². The summed E-state index contributed by atoms with van der Waals surface area (Å²) in [7, 11) is 4.60. The molecule has 0 rings (SSSR count). The SMILES string of the molecule is CCCC(=O)N(C)[C@H](SCCN)C(=O)N(C)[C@@H](CC(C)C)C(=O)N[C@H](C(=O)N(C)[C@@H](CC(C)C)C(=O)N[C@@H](C)C(N)=O)C(C)C. The number of primary amides is 1. The maximum absolute atomic E-state index is 13.9. The van der Waals surface area contributed by atoms with Crippen molar-refractivity contribution >= 4 is 47.2 Å². The van der Waals surface area contributed by atoms with E-state index in [1.54, 1.807) is 20.9 Å². The Bertz CT molecular complexity index is 1010. The zero-order valence-corrected chi connectivity index (χ0v) is 30.0. The Morgan fingerprint density at radius 1 is 0.733 bits per heavy atom. The van der Waals surface area contributed by atoms with Crippen LogP contribution < -0.4 is 22.1 Å². The van der Waals surface area contributed by atoms with Crippen molar-refractivity contribution in [1.82, 2.24) is 25.3 Å². The van der Waals surface area contributed by atoms with Gasteiger partial charge < -0.3 is 36.8 Å². The molecule has 260 valence electrons. The molecule has 45 heavy (non-hydrogen) atoms. The fourth-order valence-electron chi connectivity index (χ4n) is 4.67. The van der Waals surface area contributed by atoms with Gasteiger partial charge in [0.05, 0.1) is 0 Å². The lowest BCUT2D eigenvalue weighted by atomic mass is 9.97. The first-order chi connectivity index (χ1) is 20.8. The van der Waals surface area contributed by atoms with Crippen LogP contribution in [0.15, 0.2) is 0 Å². The lowest BCUT2D eigenvalue weighted by molar-refractivity contribution is -0.147. The van der Waals surface area contributed by atoms with Gasteiger partial charge in [0, 0.05) is 39.9 Å². The third kappa shape index (κ3) is 13.6. The van der Waals surface area contributed by atoms with Crippen molar-refractivity contribution in [3.8, 4) is 0 Å². The van der Waals surface area contributed by atoms with Crippen molar-refractivity contribution < 1.29 is 28.8 Å². The molecule has 0 aromatic heterocycles. The monoisotopic (exact) mass is 657 g/mol. The molecule has 14 heteroatoms. The average molecular weight is 658 g/mol. The summed E-state index contributed by atoms with van der Waals surface area (Å²) < 4.78 is 0. The van der Waals surface area contributed by atoms with E-state index < -0.39 is 59.1 Å². The molecule has 0 saturated carbocycles. The lowest BCUT2D eigenvalue weighted by Crippen LogP contribution is -2.60. The van der Waals surface area contributed by atoms with E-state index in [-0.39, 0.29) is 30.1 Å². The number of amides is 6. The molecule has 0 aliphatic heterocycles. The standard InChI is InChI=1S/C31H59N7O6S/c1-12-13-24(39)38(11)31(45-15-14-32)30(44)37(10)23(17-19(4)5)28(42)35-25(20(6)7)29(43)36(9)22(16-18(2)3)27(41)34-21(8)26(33)40/h18-23,25,31H,12-17,32H2,1-11H3,(H2,33,40)(H,34,41)(H,35,42)/t21-,22-,23-,25-,31+/m0/s1. The van der Waals surface area contributed by atoms with Crippen LogP contribution in [0.25, 0.3) is 0 Å². The highest BCUT2D eigenvalue weighted by Gasteiger charge is 2.39. The number of nitrogens with one attached hydrogen (secondary N) is 2. The number of nitrogens with zero attached hydrogens (tertiary/aromatic N) is 3. The summed E-state index contributed by atoms with van der Waals surface area (Å²) in [6.07, 6.45) is 1.54. The molecule has 0 heterocycles. The average Bonchev–Trinajstić information content (AvgIpc) is 2.95. The number of rotatable bonds is 20. The smallest absolute Gasteiger partial charge is 0.256 e. The van der Waals surface area contributed by atoms with Crippen molar-refractivity contribution in [2.75, 3.05) is 33.4 Å². The Labute approximate surface area is 274 Å². The molecule has 0 unspecified atom stereocenters. The van der Waals surface area contributed by atoms with E-state index in [4.69, 9.17) is 11.5 Å². The third-order valence-electron chi connectivity index (χ3n) is 7.45. The summed E-state index contributed by atoms with van der Waals surface area (Å²) in [5, 5.41) is 4.56. The second kappa shape index (κ2) is 20.3. The molecule has 0 aliphatic rings. The van der Waals surface area contributed by atoms with E-state index in [2.05, 4.69) is 10.6 Å². The van der Waals surface area contributed by atoms with Gasteiger partial charge in [0.15, 0.2) is 5.37 Å². The summed E-state index contributed by atoms with van der Waals surface area (Å²) in [4.78, 5) is 83.1. The normalized spacial score (nSPS) is 14.7. The summed E-state index contributed by atoms with van der Waals surface area (Å²) in [5.41, 5.74) is 11.0. The Hall–Kier alpha value is -2.87.